The fourth-order valence-corrected chi connectivity index (χ4v) is 3.59. The smallest absolute Gasteiger partial charge is 0.222 e. The molecule has 1 N–H and O–H groups in total. The van der Waals surface area contributed by atoms with E-state index in [1.807, 2.05) is 11.9 Å². The molecule has 4 heteroatoms. The van der Waals surface area contributed by atoms with E-state index in [4.69, 9.17) is 4.74 Å². The van der Waals surface area contributed by atoms with E-state index < -0.39 is 0 Å². The van der Waals surface area contributed by atoms with Gasteiger partial charge in [0.15, 0.2) is 0 Å². The summed E-state index contributed by atoms with van der Waals surface area (Å²) in [6.45, 7) is 2.83. The average molecular weight is 266 g/mol. The van der Waals surface area contributed by atoms with Crippen LogP contribution in [0.25, 0.3) is 0 Å². The van der Waals surface area contributed by atoms with Gasteiger partial charge in [-0.1, -0.05) is 6.42 Å². The van der Waals surface area contributed by atoms with E-state index in [9.17, 15) is 4.79 Å². The summed E-state index contributed by atoms with van der Waals surface area (Å²) in [5, 5.41) is 3.38. The Bertz CT molecular complexity index is 335. The monoisotopic (exact) mass is 266 g/mol. The Kier molecular flexibility index (Phi) is 3.81. The predicted molar refractivity (Wildman–Crippen MR) is 73.9 cm³/mol. The third-order valence-electron chi connectivity index (χ3n) is 5.33. The van der Waals surface area contributed by atoms with Gasteiger partial charge in [-0.15, -0.1) is 0 Å². The second-order valence-electron chi connectivity index (χ2n) is 6.61. The molecule has 0 radical (unpaired) electrons. The van der Waals surface area contributed by atoms with Crippen LogP contribution in [-0.2, 0) is 9.53 Å². The summed E-state index contributed by atoms with van der Waals surface area (Å²) in [5.41, 5.74) is 0.0565. The van der Waals surface area contributed by atoms with Crippen LogP contribution >= 0.6 is 0 Å². The van der Waals surface area contributed by atoms with Gasteiger partial charge >= 0.3 is 0 Å². The highest BCUT2D eigenvalue weighted by molar-refractivity contribution is 5.76. The highest BCUT2D eigenvalue weighted by Gasteiger charge is 2.43. The van der Waals surface area contributed by atoms with Crippen LogP contribution in [0.2, 0.25) is 0 Å². The van der Waals surface area contributed by atoms with Crippen molar-refractivity contribution in [2.45, 2.75) is 56.6 Å². The number of hydrogen-bond acceptors (Lipinski definition) is 3. The molecule has 0 aromatic heterocycles. The zero-order chi connectivity index (χ0) is 13.3. The van der Waals surface area contributed by atoms with Crippen LogP contribution in [0.3, 0.4) is 0 Å². The van der Waals surface area contributed by atoms with Gasteiger partial charge in [-0.05, 0) is 51.1 Å². The molecule has 1 saturated carbocycles. The minimum atomic E-state index is 0.0565. The Hall–Kier alpha value is -0.610. The summed E-state index contributed by atoms with van der Waals surface area (Å²) in [6.07, 6.45) is 7.77. The van der Waals surface area contributed by atoms with Gasteiger partial charge in [-0.3, -0.25) is 4.79 Å². The fraction of sp³-hybridized carbons (Fsp3) is 0.933. The number of rotatable bonds is 3. The molecule has 19 heavy (non-hydrogen) atoms. The normalized spacial score (nSPS) is 30.3. The molecule has 1 atom stereocenters. The summed E-state index contributed by atoms with van der Waals surface area (Å²) in [7, 11) is 1.97. The zero-order valence-electron chi connectivity index (χ0n) is 12.0. The molecule has 108 valence electrons. The van der Waals surface area contributed by atoms with E-state index in [0.29, 0.717) is 17.9 Å². The first kappa shape index (κ1) is 13.4. The van der Waals surface area contributed by atoms with Gasteiger partial charge in [-0.25, -0.2) is 0 Å². The summed E-state index contributed by atoms with van der Waals surface area (Å²) in [6, 6.07) is 0.297. The molecule has 0 bridgehead atoms. The number of carbonyl (C=O) groups is 1. The van der Waals surface area contributed by atoms with Gasteiger partial charge in [0.05, 0.1) is 18.2 Å². The van der Waals surface area contributed by atoms with Crippen molar-refractivity contribution in [3.05, 3.63) is 0 Å². The Labute approximate surface area is 115 Å². The van der Waals surface area contributed by atoms with Crippen LogP contribution in [0, 0.1) is 5.92 Å². The fourth-order valence-electron chi connectivity index (χ4n) is 3.59. The third kappa shape index (κ3) is 2.79. The van der Waals surface area contributed by atoms with E-state index in [1.54, 1.807) is 0 Å². The van der Waals surface area contributed by atoms with Crippen LogP contribution in [0.1, 0.15) is 44.9 Å². The number of nitrogens with one attached hydrogen (secondary N) is 1. The molecule has 0 aromatic rings. The summed E-state index contributed by atoms with van der Waals surface area (Å²) < 4.78 is 6.08. The van der Waals surface area contributed by atoms with Crippen molar-refractivity contribution in [1.82, 2.24) is 10.2 Å². The van der Waals surface area contributed by atoms with Gasteiger partial charge < -0.3 is 15.0 Å². The zero-order valence-corrected chi connectivity index (χ0v) is 12.0. The lowest BCUT2D eigenvalue weighted by atomic mass is 9.82. The van der Waals surface area contributed by atoms with Crippen molar-refractivity contribution in [2.75, 3.05) is 26.7 Å². The lowest BCUT2D eigenvalue weighted by Gasteiger charge is -2.34. The van der Waals surface area contributed by atoms with Crippen molar-refractivity contribution in [1.29, 1.82) is 0 Å². The first-order chi connectivity index (χ1) is 9.19. The van der Waals surface area contributed by atoms with Crippen LogP contribution < -0.4 is 5.32 Å². The van der Waals surface area contributed by atoms with Gasteiger partial charge in [0.25, 0.3) is 0 Å². The number of piperidine rings is 1. The maximum absolute atomic E-state index is 12.3. The summed E-state index contributed by atoms with van der Waals surface area (Å²) in [5.74, 6) is 0.981. The summed E-state index contributed by atoms with van der Waals surface area (Å²) in [4.78, 5) is 14.2. The second-order valence-corrected chi connectivity index (χ2v) is 6.61. The number of nitrogens with zero attached hydrogens (tertiary/aromatic N) is 1. The Morgan fingerprint density at radius 3 is 2.74 bits per heavy atom. The first-order valence-corrected chi connectivity index (χ1v) is 7.79. The summed E-state index contributed by atoms with van der Waals surface area (Å²) >= 11 is 0. The largest absolute Gasteiger partial charge is 0.373 e. The Balaban J connectivity index is 1.52. The Morgan fingerprint density at radius 1 is 1.37 bits per heavy atom. The van der Waals surface area contributed by atoms with E-state index in [1.165, 1.54) is 19.3 Å². The number of amides is 1. The quantitative estimate of drug-likeness (QED) is 0.842. The molecule has 0 aromatic carbocycles. The van der Waals surface area contributed by atoms with Gasteiger partial charge in [-0.2, -0.15) is 0 Å². The third-order valence-corrected chi connectivity index (χ3v) is 5.33. The first-order valence-electron chi connectivity index (χ1n) is 7.79. The van der Waals surface area contributed by atoms with Crippen LogP contribution in [0.4, 0.5) is 0 Å². The predicted octanol–water partition coefficient (Wildman–Crippen LogP) is 1.55. The highest BCUT2D eigenvalue weighted by Crippen LogP contribution is 2.36. The van der Waals surface area contributed by atoms with Gasteiger partial charge in [0.2, 0.25) is 5.91 Å². The molecule has 2 saturated heterocycles. The molecule has 1 aliphatic carbocycles. The molecular formula is C15H26N2O2. The number of carbonyl (C=O) groups excluding carboxylic acids is 1. The van der Waals surface area contributed by atoms with Crippen molar-refractivity contribution < 1.29 is 9.53 Å². The minimum absolute atomic E-state index is 0.0565. The molecule has 3 rings (SSSR count). The van der Waals surface area contributed by atoms with Crippen LogP contribution in [0.15, 0.2) is 0 Å². The number of ether oxygens (including phenoxy) is 1. The maximum Gasteiger partial charge on any atom is 0.222 e. The number of hydrogen-bond donors (Lipinski definition) is 1. The minimum Gasteiger partial charge on any atom is -0.373 e. The molecule has 0 unspecified atom stereocenters. The van der Waals surface area contributed by atoms with Gasteiger partial charge in [0.1, 0.15) is 0 Å². The van der Waals surface area contributed by atoms with Gasteiger partial charge in [0, 0.05) is 13.5 Å². The van der Waals surface area contributed by atoms with Crippen molar-refractivity contribution in [3.63, 3.8) is 0 Å². The maximum atomic E-state index is 12.3. The van der Waals surface area contributed by atoms with E-state index in [2.05, 4.69) is 5.32 Å². The van der Waals surface area contributed by atoms with E-state index in [-0.39, 0.29) is 5.60 Å². The van der Waals surface area contributed by atoms with Crippen LogP contribution in [0.5, 0.6) is 0 Å². The molecule has 3 fully saturated rings. The van der Waals surface area contributed by atoms with Crippen molar-refractivity contribution in [3.8, 4) is 0 Å². The standard InChI is InChI=1S/C15H26N2O2/c1-17(14(18)9-12-3-2-4-12)13-10-15(19-11-13)5-7-16-8-6-15/h12-13,16H,2-11H2,1H3/t13-/m1/s1. The molecule has 1 amide bonds. The Morgan fingerprint density at radius 2 is 2.11 bits per heavy atom. The van der Waals surface area contributed by atoms with E-state index in [0.717, 1.165) is 45.4 Å². The molecule has 4 nitrogen and oxygen atoms in total. The van der Waals surface area contributed by atoms with E-state index >= 15 is 0 Å². The average Bonchev–Trinajstić information content (AvgIpc) is 2.77. The molecular weight excluding hydrogens is 240 g/mol. The SMILES string of the molecule is CN(C(=O)CC1CCC1)[C@H]1COC2(CCNCC2)C1. The second kappa shape index (κ2) is 5.41. The highest BCUT2D eigenvalue weighted by atomic mass is 16.5. The lowest BCUT2D eigenvalue weighted by Crippen LogP contribution is -2.43. The lowest BCUT2D eigenvalue weighted by molar-refractivity contribution is -0.133. The molecule has 1 spiro atoms. The number of likely N-dealkylation sites (N-methyl/N-ethyl adjacent to an activating group) is 1. The topological polar surface area (TPSA) is 41.6 Å². The molecule has 2 heterocycles. The molecule has 3 aliphatic rings. The van der Waals surface area contributed by atoms with Crippen LogP contribution in [-0.4, -0.2) is 49.2 Å². The van der Waals surface area contributed by atoms with Crippen molar-refractivity contribution in [2.24, 2.45) is 5.92 Å². The van der Waals surface area contributed by atoms with Crippen molar-refractivity contribution >= 4 is 5.91 Å². The molecule has 2 aliphatic heterocycles.